The highest BCUT2D eigenvalue weighted by molar-refractivity contribution is 7.91. The van der Waals surface area contributed by atoms with Gasteiger partial charge in [0.2, 0.25) is 0 Å². The number of carboxylic acid groups (broad SMARTS) is 1. The van der Waals surface area contributed by atoms with Gasteiger partial charge in [-0.15, -0.1) is 0 Å². The van der Waals surface area contributed by atoms with E-state index in [0.29, 0.717) is 13.0 Å². The standard InChI is InChI=1S/C11H20N2O5S/c1-9(2-3-10(14)15)8-12-11(16)13-4-6-19(17,18)7-5-13/h9H,2-8H2,1H3,(H,12,16)(H,14,15). The second-order valence-corrected chi connectivity index (χ2v) is 7.17. The van der Waals surface area contributed by atoms with Crippen molar-refractivity contribution in [3.05, 3.63) is 0 Å². The molecule has 110 valence electrons. The number of urea groups is 1. The fourth-order valence-electron chi connectivity index (χ4n) is 1.76. The number of nitrogens with one attached hydrogen (secondary N) is 1. The van der Waals surface area contributed by atoms with Gasteiger partial charge < -0.3 is 15.3 Å². The number of carbonyl (C=O) groups excluding carboxylic acids is 1. The number of hydrogen-bond acceptors (Lipinski definition) is 4. The quantitative estimate of drug-likeness (QED) is 0.738. The summed E-state index contributed by atoms with van der Waals surface area (Å²) in [4.78, 5) is 23.6. The van der Waals surface area contributed by atoms with Crippen molar-refractivity contribution in [2.45, 2.75) is 19.8 Å². The molecule has 1 atom stereocenters. The number of carbonyl (C=O) groups is 2. The van der Waals surface area contributed by atoms with Gasteiger partial charge in [0, 0.05) is 26.1 Å². The Kier molecular flexibility index (Phi) is 5.59. The van der Waals surface area contributed by atoms with Crippen molar-refractivity contribution in [3.63, 3.8) is 0 Å². The predicted octanol–water partition coefficient (Wildman–Crippen LogP) is -0.0727. The Balaban J connectivity index is 2.26. The molecule has 0 aromatic carbocycles. The van der Waals surface area contributed by atoms with Gasteiger partial charge in [-0.1, -0.05) is 6.92 Å². The molecule has 1 saturated heterocycles. The molecule has 0 aliphatic carbocycles. The van der Waals surface area contributed by atoms with Gasteiger partial charge in [0.05, 0.1) is 11.5 Å². The number of aliphatic carboxylic acids is 1. The zero-order valence-electron chi connectivity index (χ0n) is 11.0. The lowest BCUT2D eigenvalue weighted by Gasteiger charge is -2.27. The highest BCUT2D eigenvalue weighted by Crippen LogP contribution is 2.06. The van der Waals surface area contributed by atoms with Crippen molar-refractivity contribution in [2.75, 3.05) is 31.1 Å². The molecular formula is C11H20N2O5S. The third kappa shape index (κ3) is 5.91. The summed E-state index contributed by atoms with van der Waals surface area (Å²) in [7, 11) is -2.99. The van der Waals surface area contributed by atoms with E-state index in [-0.39, 0.29) is 43.0 Å². The van der Waals surface area contributed by atoms with Crippen LogP contribution in [0.4, 0.5) is 4.79 Å². The van der Waals surface area contributed by atoms with E-state index in [1.54, 1.807) is 0 Å². The molecule has 0 bridgehead atoms. The minimum absolute atomic E-state index is 0.00892. The lowest BCUT2D eigenvalue weighted by molar-refractivity contribution is -0.137. The average molecular weight is 292 g/mol. The molecule has 7 nitrogen and oxygen atoms in total. The van der Waals surface area contributed by atoms with E-state index in [1.807, 2.05) is 6.92 Å². The third-order valence-corrected chi connectivity index (χ3v) is 4.69. The smallest absolute Gasteiger partial charge is 0.317 e. The van der Waals surface area contributed by atoms with Gasteiger partial charge in [-0.2, -0.15) is 0 Å². The van der Waals surface area contributed by atoms with Crippen LogP contribution in [-0.2, 0) is 14.6 Å². The SMILES string of the molecule is CC(CCC(=O)O)CNC(=O)N1CCS(=O)(=O)CC1. The third-order valence-electron chi connectivity index (χ3n) is 3.08. The topological polar surface area (TPSA) is 104 Å². The van der Waals surface area contributed by atoms with E-state index in [0.717, 1.165) is 0 Å². The maximum Gasteiger partial charge on any atom is 0.317 e. The van der Waals surface area contributed by atoms with Crippen LogP contribution in [0.3, 0.4) is 0 Å². The number of rotatable bonds is 5. The number of amides is 2. The molecule has 8 heteroatoms. The first-order valence-corrected chi connectivity index (χ1v) is 8.07. The molecule has 2 N–H and O–H groups in total. The van der Waals surface area contributed by atoms with Gasteiger partial charge in [-0.3, -0.25) is 4.79 Å². The molecule has 1 rings (SSSR count). The maximum atomic E-state index is 11.8. The Morgan fingerprint density at radius 3 is 2.42 bits per heavy atom. The Hall–Kier alpha value is -1.31. The highest BCUT2D eigenvalue weighted by atomic mass is 32.2. The number of sulfone groups is 1. The van der Waals surface area contributed by atoms with Crippen LogP contribution in [0.5, 0.6) is 0 Å². The van der Waals surface area contributed by atoms with Crippen molar-refractivity contribution < 1.29 is 23.1 Å². The summed E-state index contributed by atoms with van der Waals surface area (Å²) >= 11 is 0. The second kappa shape index (κ2) is 6.74. The first-order chi connectivity index (χ1) is 8.80. The summed E-state index contributed by atoms with van der Waals surface area (Å²) in [6, 6.07) is -0.280. The van der Waals surface area contributed by atoms with E-state index >= 15 is 0 Å². The van der Waals surface area contributed by atoms with Crippen molar-refractivity contribution in [1.29, 1.82) is 0 Å². The molecule has 1 fully saturated rings. The van der Waals surface area contributed by atoms with Gasteiger partial charge in [0.15, 0.2) is 9.84 Å². The van der Waals surface area contributed by atoms with Crippen LogP contribution in [0.25, 0.3) is 0 Å². The first-order valence-electron chi connectivity index (χ1n) is 6.25. The lowest BCUT2D eigenvalue weighted by atomic mass is 10.1. The molecule has 1 heterocycles. The Labute approximate surface area is 112 Å². The fraction of sp³-hybridized carbons (Fsp3) is 0.818. The van der Waals surface area contributed by atoms with Crippen molar-refractivity contribution in [1.82, 2.24) is 10.2 Å². The molecule has 0 aromatic rings. The summed E-state index contributed by atoms with van der Waals surface area (Å²) in [6.45, 7) is 2.70. The average Bonchev–Trinajstić information content (AvgIpc) is 2.33. The van der Waals surface area contributed by atoms with E-state index in [4.69, 9.17) is 5.11 Å². The zero-order valence-corrected chi connectivity index (χ0v) is 11.8. The first kappa shape index (κ1) is 15.7. The van der Waals surface area contributed by atoms with Gasteiger partial charge in [-0.05, 0) is 12.3 Å². The normalized spacial score (nSPS) is 19.7. The van der Waals surface area contributed by atoms with E-state index in [2.05, 4.69) is 5.32 Å². The van der Waals surface area contributed by atoms with E-state index in [1.165, 1.54) is 4.90 Å². The van der Waals surface area contributed by atoms with Crippen LogP contribution in [0.2, 0.25) is 0 Å². The Bertz CT molecular complexity index is 420. The predicted molar refractivity (Wildman–Crippen MR) is 69.7 cm³/mol. The van der Waals surface area contributed by atoms with Crippen LogP contribution in [0.15, 0.2) is 0 Å². The molecule has 2 amide bonds. The molecule has 0 radical (unpaired) electrons. The molecular weight excluding hydrogens is 272 g/mol. The fourth-order valence-corrected chi connectivity index (χ4v) is 2.96. The summed E-state index contributed by atoms with van der Waals surface area (Å²) < 4.78 is 22.4. The number of nitrogens with zero attached hydrogens (tertiary/aromatic N) is 1. The van der Waals surface area contributed by atoms with Crippen LogP contribution in [0, 0.1) is 5.92 Å². The molecule has 1 unspecified atom stereocenters. The largest absolute Gasteiger partial charge is 0.481 e. The monoisotopic (exact) mass is 292 g/mol. The van der Waals surface area contributed by atoms with Crippen molar-refractivity contribution >= 4 is 21.8 Å². The van der Waals surface area contributed by atoms with Crippen LogP contribution < -0.4 is 5.32 Å². The van der Waals surface area contributed by atoms with Crippen molar-refractivity contribution in [3.8, 4) is 0 Å². The molecule has 0 aromatic heterocycles. The molecule has 1 aliphatic heterocycles. The molecule has 19 heavy (non-hydrogen) atoms. The van der Waals surface area contributed by atoms with Crippen LogP contribution >= 0.6 is 0 Å². The number of hydrogen-bond donors (Lipinski definition) is 2. The molecule has 0 saturated carbocycles. The van der Waals surface area contributed by atoms with Gasteiger partial charge in [0.1, 0.15) is 0 Å². The summed E-state index contributed by atoms with van der Waals surface area (Å²) in [5, 5.41) is 11.2. The lowest BCUT2D eigenvalue weighted by Crippen LogP contribution is -2.48. The summed E-state index contributed by atoms with van der Waals surface area (Å²) in [6.07, 6.45) is 0.586. The van der Waals surface area contributed by atoms with Crippen LogP contribution in [0.1, 0.15) is 19.8 Å². The Morgan fingerprint density at radius 2 is 1.89 bits per heavy atom. The summed E-state index contributed by atoms with van der Waals surface area (Å²) in [5.74, 6) is -0.753. The van der Waals surface area contributed by atoms with Gasteiger partial charge in [0.25, 0.3) is 0 Å². The summed E-state index contributed by atoms with van der Waals surface area (Å²) in [5.41, 5.74) is 0. The van der Waals surface area contributed by atoms with Gasteiger partial charge >= 0.3 is 12.0 Å². The Morgan fingerprint density at radius 1 is 1.32 bits per heavy atom. The number of carboxylic acids is 1. The van der Waals surface area contributed by atoms with Gasteiger partial charge in [-0.25, -0.2) is 13.2 Å². The minimum atomic E-state index is -2.99. The van der Waals surface area contributed by atoms with Crippen LogP contribution in [-0.4, -0.2) is 61.6 Å². The zero-order chi connectivity index (χ0) is 14.5. The van der Waals surface area contributed by atoms with Crippen molar-refractivity contribution in [2.24, 2.45) is 5.92 Å². The second-order valence-electron chi connectivity index (χ2n) is 4.86. The molecule has 1 aliphatic rings. The van der Waals surface area contributed by atoms with E-state index < -0.39 is 15.8 Å². The highest BCUT2D eigenvalue weighted by Gasteiger charge is 2.24. The van der Waals surface area contributed by atoms with E-state index in [9.17, 15) is 18.0 Å². The minimum Gasteiger partial charge on any atom is -0.481 e. The molecule has 0 spiro atoms. The maximum absolute atomic E-state index is 11.8.